The molecule has 2 aromatic carbocycles. The zero-order valence-electron chi connectivity index (χ0n) is 16.8. The Balaban J connectivity index is 2.09. The van der Waals surface area contributed by atoms with E-state index in [9.17, 15) is 9.59 Å². The third-order valence-corrected chi connectivity index (χ3v) is 4.68. The average molecular weight is 384 g/mol. The summed E-state index contributed by atoms with van der Waals surface area (Å²) in [4.78, 5) is 25.2. The van der Waals surface area contributed by atoms with Crippen molar-refractivity contribution in [3.05, 3.63) is 59.7 Å². The van der Waals surface area contributed by atoms with E-state index >= 15 is 0 Å². The summed E-state index contributed by atoms with van der Waals surface area (Å²) in [6.07, 6.45) is 0.844. The zero-order chi connectivity index (χ0) is 20.5. The zero-order valence-corrected chi connectivity index (χ0v) is 16.8. The molecule has 0 heterocycles. The number of rotatable bonds is 8. The van der Waals surface area contributed by atoms with E-state index in [1.807, 2.05) is 51.1 Å². The second-order valence-corrected chi connectivity index (χ2v) is 6.52. The van der Waals surface area contributed by atoms with Crippen LogP contribution < -0.4 is 20.3 Å². The number of hydrogen-bond donors (Lipinski definition) is 2. The molecule has 0 aliphatic carbocycles. The number of ether oxygens (including phenoxy) is 2. The van der Waals surface area contributed by atoms with Crippen LogP contribution in [-0.4, -0.2) is 25.5 Å². The summed E-state index contributed by atoms with van der Waals surface area (Å²) < 4.78 is 10.7. The van der Waals surface area contributed by atoms with E-state index in [1.165, 1.54) is 7.11 Å². The molecule has 2 unspecified atom stereocenters. The van der Waals surface area contributed by atoms with Gasteiger partial charge in [0.1, 0.15) is 0 Å². The van der Waals surface area contributed by atoms with Crippen LogP contribution in [0.15, 0.2) is 48.5 Å². The number of carbonyl (C=O) groups is 2. The predicted octanol–water partition coefficient (Wildman–Crippen LogP) is 3.68. The maximum absolute atomic E-state index is 12.8. The van der Waals surface area contributed by atoms with Crippen LogP contribution in [0.5, 0.6) is 11.5 Å². The maximum atomic E-state index is 12.8. The molecule has 0 aliphatic heterocycles. The second-order valence-electron chi connectivity index (χ2n) is 6.52. The highest BCUT2D eigenvalue weighted by Crippen LogP contribution is 2.28. The Hall–Kier alpha value is -3.02. The molecular formula is C22H28N2O4. The van der Waals surface area contributed by atoms with Gasteiger partial charge < -0.3 is 9.47 Å². The van der Waals surface area contributed by atoms with Gasteiger partial charge in [-0.25, -0.2) is 0 Å². The van der Waals surface area contributed by atoms with E-state index in [2.05, 4.69) is 10.9 Å². The number of hydrazine groups is 1. The Morgan fingerprint density at radius 2 is 1.71 bits per heavy atom. The molecule has 0 radical (unpaired) electrons. The summed E-state index contributed by atoms with van der Waals surface area (Å²) in [5, 5.41) is 0. The first-order valence-corrected chi connectivity index (χ1v) is 9.47. The van der Waals surface area contributed by atoms with Crippen molar-refractivity contribution in [3.8, 4) is 11.5 Å². The quantitative estimate of drug-likeness (QED) is 0.681. The monoisotopic (exact) mass is 384 g/mol. The fourth-order valence-electron chi connectivity index (χ4n) is 2.99. The topological polar surface area (TPSA) is 76.7 Å². The Kier molecular flexibility index (Phi) is 7.87. The molecule has 6 heteroatoms. The minimum Gasteiger partial charge on any atom is -0.493 e. The molecule has 0 spiro atoms. The fourth-order valence-corrected chi connectivity index (χ4v) is 2.99. The lowest BCUT2D eigenvalue weighted by molar-refractivity contribution is -0.124. The van der Waals surface area contributed by atoms with Crippen molar-refractivity contribution >= 4 is 11.8 Å². The van der Waals surface area contributed by atoms with Crippen molar-refractivity contribution in [3.63, 3.8) is 0 Å². The van der Waals surface area contributed by atoms with Crippen molar-refractivity contribution < 1.29 is 19.1 Å². The van der Waals surface area contributed by atoms with Gasteiger partial charge in [-0.15, -0.1) is 0 Å². The van der Waals surface area contributed by atoms with Gasteiger partial charge in [0.2, 0.25) is 5.91 Å². The summed E-state index contributed by atoms with van der Waals surface area (Å²) >= 11 is 0. The van der Waals surface area contributed by atoms with Gasteiger partial charge in [-0.3, -0.25) is 20.4 Å². The highest BCUT2D eigenvalue weighted by Gasteiger charge is 2.26. The van der Waals surface area contributed by atoms with Gasteiger partial charge in [-0.2, -0.15) is 0 Å². The van der Waals surface area contributed by atoms with Crippen molar-refractivity contribution in [1.29, 1.82) is 0 Å². The number of hydrogen-bond acceptors (Lipinski definition) is 4. The van der Waals surface area contributed by atoms with Crippen LogP contribution in [0.4, 0.5) is 0 Å². The molecular weight excluding hydrogens is 356 g/mol. The Bertz CT molecular complexity index is 792. The predicted molar refractivity (Wildman–Crippen MR) is 108 cm³/mol. The van der Waals surface area contributed by atoms with E-state index in [0.29, 0.717) is 23.7 Å². The molecule has 2 atom stereocenters. The molecule has 0 saturated heterocycles. The molecule has 28 heavy (non-hydrogen) atoms. The van der Waals surface area contributed by atoms with Crippen LogP contribution in [0.1, 0.15) is 49.0 Å². The summed E-state index contributed by atoms with van der Waals surface area (Å²) in [6.45, 7) is 6.43. The van der Waals surface area contributed by atoms with Crippen LogP contribution in [0.3, 0.4) is 0 Å². The summed E-state index contributed by atoms with van der Waals surface area (Å²) in [5.74, 6) is 0.137. The first kappa shape index (κ1) is 21.3. The van der Waals surface area contributed by atoms with Gasteiger partial charge >= 0.3 is 0 Å². The average Bonchev–Trinajstić information content (AvgIpc) is 2.73. The van der Waals surface area contributed by atoms with E-state index in [-0.39, 0.29) is 17.7 Å². The normalized spacial score (nSPS) is 12.6. The summed E-state index contributed by atoms with van der Waals surface area (Å²) in [6, 6.07) is 14.5. The molecule has 150 valence electrons. The molecule has 2 rings (SSSR count). The Labute approximate surface area is 166 Å². The number of methoxy groups -OCH3 is 1. The molecule has 0 aliphatic rings. The van der Waals surface area contributed by atoms with E-state index in [4.69, 9.17) is 9.47 Å². The lowest BCUT2D eigenvalue weighted by atomic mass is 9.85. The van der Waals surface area contributed by atoms with Gasteiger partial charge in [0.05, 0.1) is 19.6 Å². The SMILES string of the molecule is CCOc1ccc(C(=O)NNC(=O)C(c2ccccc2)C(C)CC)cc1OC. The molecule has 0 fully saturated rings. The highest BCUT2D eigenvalue weighted by atomic mass is 16.5. The van der Waals surface area contributed by atoms with E-state index in [0.717, 1.165) is 12.0 Å². The Morgan fingerprint density at radius 1 is 1.00 bits per heavy atom. The molecule has 0 saturated carbocycles. The van der Waals surface area contributed by atoms with Crippen LogP contribution in [0.25, 0.3) is 0 Å². The number of nitrogens with one attached hydrogen (secondary N) is 2. The Morgan fingerprint density at radius 3 is 2.32 bits per heavy atom. The lowest BCUT2D eigenvalue weighted by Gasteiger charge is -2.23. The van der Waals surface area contributed by atoms with Crippen LogP contribution >= 0.6 is 0 Å². The number of amides is 2. The molecule has 0 bridgehead atoms. The maximum Gasteiger partial charge on any atom is 0.269 e. The van der Waals surface area contributed by atoms with E-state index < -0.39 is 5.91 Å². The third kappa shape index (κ3) is 5.25. The minimum absolute atomic E-state index is 0.130. The largest absolute Gasteiger partial charge is 0.493 e. The van der Waals surface area contributed by atoms with Crippen molar-refractivity contribution in [2.45, 2.75) is 33.1 Å². The highest BCUT2D eigenvalue weighted by molar-refractivity contribution is 5.96. The van der Waals surface area contributed by atoms with Crippen LogP contribution in [0, 0.1) is 5.92 Å². The molecule has 2 aromatic rings. The van der Waals surface area contributed by atoms with Crippen LogP contribution in [-0.2, 0) is 4.79 Å². The van der Waals surface area contributed by atoms with Gasteiger partial charge in [-0.1, -0.05) is 50.6 Å². The second kappa shape index (κ2) is 10.3. The molecule has 6 nitrogen and oxygen atoms in total. The first-order chi connectivity index (χ1) is 13.5. The molecule has 2 N–H and O–H groups in total. The molecule has 0 aromatic heterocycles. The first-order valence-electron chi connectivity index (χ1n) is 9.47. The summed E-state index contributed by atoms with van der Waals surface area (Å²) in [7, 11) is 1.51. The smallest absolute Gasteiger partial charge is 0.269 e. The lowest BCUT2D eigenvalue weighted by Crippen LogP contribution is -2.45. The van der Waals surface area contributed by atoms with Crippen LogP contribution in [0.2, 0.25) is 0 Å². The van der Waals surface area contributed by atoms with Crippen molar-refractivity contribution in [2.24, 2.45) is 5.92 Å². The standard InChI is InChI=1S/C22H28N2O4/c1-5-15(3)20(16-10-8-7-9-11-16)22(26)24-23-21(25)17-12-13-18(28-6-2)19(14-17)27-4/h7-15,20H,5-6H2,1-4H3,(H,23,25)(H,24,26). The number of benzene rings is 2. The number of carbonyl (C=O) groups excluding carboxylic acids is 2. The van der Waals surface area contributed by atoms with Crippen molar-refractivity contribution in [1.82, 2.24) is 10.9 Å². The van der Waals surface area contributed by atoms with Gasteiger partial charge in [-0.05, 0) is 36.6 Å². The van der Waals surface area contributed by atoms with Gasteiger partial charge in [0.25, 0.3) is 5.91 Å². The van der Waals surface area contributed by atoms with Gasteiger partial charge in [0.15, 0.2) is 11.5 Å². The third-order valence-electron chi connectivity index (χ3n) is 4.68. The van der Waals surface area contributed by atoms with Gasteiger partial charge in [0, 0.05) is 5.56 Å². The van der Waals surface area contributed by atoms with E-state index in [1.54, 1.807) is 18.2 Å². The van der Waals surface area contributed by atoms with Crippen molar-refractivity contribution in [2.75, 3.05) is 13.7 Å². The molecule has 2 amide bonds. The summed E-state index contributed by atoms with van der Waals surface area (Å²) in [5.41, 5.74) is 6.34. The minimum atomic E-state index is -0.425. The fraction of sp³-hybridized carbons (Fsp3) is 0.364.